The lowest BCUT2D eigenvalue weighted by Gasteiger charge is -2.29. The number of hydrogen-bond acceptors (Lipinski definition) is 5. The van der Waals surface area contributed by atoms with Gasteiger partial charge in [-0.1, -0.05) is 41.9 Å². The highest BCUT2D eigenvalue weighted by Crippen LogP contribution is 2.37. The van der Waals surface area contributed by atoms with Gasteiger partial charge in [-0.25, -0.2) is 30.7 Å². The summed E-state index contributed by atoms with van der Waals surface area (Å²) in [4.78, 5) is 1.67. The van der Waals surface area contributed by atoms with E-state index in [2.05, 4.69) is 0 Å². The van der Waals surface area contributed by atoms with Crippen molar-refractivity contribution >= 4 is 42.9 Å². The number of sulfonamides is 2. The predicted octanol–water partition coefficient (Wildman–Crippen LogP) is 4.34. The zero-order valence-corrected chi connectivity index (χ0v) is 22.0. The summed E-state index contributed by atoms with van der Waals surface area (Å²) in [6, 6.07) is 15.5. The summed E-state index contributed by atoms with van der Waals surface area (Å²) in [5.74, 6) is -0.406. The minimum absolute atomic E-state index is 0.0493. The fourth-order valence-electron chi connectivity index (χ4n) is 4.21. The van der Waals surface area contributed by atoms with Crippen LogP contribution in [0.5, 0.6) is 0 Å². The molecule has 0 spiro atoms. The van der Waals surface area contributed by atoms with Gasteiger partial charge in [0.25, 0.3) is 0 Å². The van der Waals surface area contributed by atoms with E-state index in [4.69, 9.17) is 16.7 Å². The van der Waals surface area contributed by atoms with Crippen molar-refractivity contribution in [2.75, 3.05) is 32.1 Å². The van der Waals surface area contributed by atoms with Crippen molar-refractivity contribution in [1.29, 1.82) is 0 Å². The van der Waals surface area contributed by atoms with E-state index in [1.807, 2.05) is 23.1 Å². The molecule has 0 aliphatic carbocycles. The van der Waals surface area contributed by atoms with Gasteiger partial charge in [-0.3, -0.25) is 0 Å². The largest absolute Gasteiger partial charge is 0.365 e. The van der Waals surface area contributed by atoms with Gasteiger partial charge in [-0.2, -0.15) is 0 Å². The Morgan fingerprint density at radius 1 is 0.944 bits per heavy atom. The second-order valence-electron chi connectivity index (χ2n) is 8.56. The van der Waals surface area contributed by atoms with E-state index in [1.165, 1.54) is 38.4 Å². The monoisotopic (exact) mass is 549 g/mol. The van der Waals surface area contributed by atoms with E-state index in [9.17, 15) is 21.2 Å². The summed E-state index contributed by atoms with van der Waals surface area (Å²) in [6.45, 7) is 0.953. The maximum Gasteiger partial charge on any atom is 0.242 e. The van der Waals surface area contributed by atoms with Gasteiger partial charge in [-0.15, -0.1) is 0 Å². The second-order valence-corrected chi connectivity index (χ2v) is 12.7. The molecule has 0 saturated heterocycles. The average molecular weight is 550 g/mol. The lowest BCUT2D eigenvalue weighted by Crippen LogP contribution is -2.29. The van der Waals surface area contributed by atoms with Crippen LogP contribution in [0.4, 0.5) is 10.1 Å². The number of anilines is 1. The summed E-state index contributed by atoms with van der Waals surface area (Å²) in [6.07, 6.45) is 2.51. The highest BCUT2D eigenvalue weighted by molar-refractivity contribution is 7.89. The molecule has 0 atom stereocenters. The number of halogens is 2. The molecule has 0 fully saturated rings. The summed E-state index contributed by atoms with van der Waals surface area (Å²) >= 11 is 5.87. The standard InChI is InChI=1S/C25H25ClFN3O4S2/c1-29(2)36(33,34)19-8-10-25(35(28,31)32)22(16-19)21-6-4-3-5-20(21)17-11-13-30(14-12-17)24-9-7-18(26)15-23(24)27/h3-11,15-16H,12-14H2,1-2H3,(H2,28,31,32). The first-order chi connectivity index (χ1) is 16.9. The molecule has 1 aliphatic rings. The predicted molar refractivity (Wildman–Crippen MR) is 140 cm³/mol. The van der Waals surface area contributed by atoms with Crippen LogP contribution >= 0.6 is 11.6 Å². The van der Waals surface area contributed by atoms with Crippen LogP contribution in [0.1, 0.15) is 12.0 Å². The van der Waals surface area contributed by atoms with Gasteiger partial charge in [0.15, 0.2) is 0 Å². The fourth-order valence-corrected chi connectivity index (χ4v) is 6.03. The Morgan fingerprint density at radius 2 is 1.64 bits per heavy atom. The Labute approximate surface area is 215 Å². The molecule has 1 aliphatic heterocycles. The molecule has 0 unspecified atom stereocenters. The Hall–Kier alpha value is -2.76. The highest BCUT2D eigenvalue weighted by Gasteiger charge is 2.25. The van der Waals surface area contributed by atoms with Gasteiger partial charge in [0, 0.05) is 37.8 Å². The maximum atomic E-state index is 14.4. The van der Waals surface area contributed by atoms with Crippen LogP contribution in [0.25, 0.3) is 16.7 Å². The van der Waals surface area contributed by atoms with E-state index in [-0.39, 0.29) is 15.4 Å². The first-order valence-electron chi connectivity index (χ1n) is 11.0. The Balaban J connectivity index is 1.80. The van der Waals surface area contributed by atoms with Crippen molar-refractivity contribution in [3.05, 3.63) is 83.1 Å². The van der Waals surface area contributed by atoms with Crippen LogP contribution in [0, 0.1) is 5.82 Å². The zero-order valence-electron chi connectivity index (χ0n) is 19.6. The lowest BCUT2D eigenvalue weighted by molar-refractivity contribution is 0.520. The lowest BCUT2D eigenvalue weighted by atomic mass is 9.91. The minimum Gasteiger partial charge on any atom is -0.365 e. The van der Waals surface area contributed by atoms with Crippen LogP contribution in [-0.4, -0.2) is 48.3 Å². The van der Waals surface area contributed by atoms with Crippen LogP contribution in [0.15, 0.2) is 76.5 Å². The Kier molecular flexibility index (Phi) is 7.27. The first-order valence-corrected chi connectivity index (χ1v) is 14.3. The van der Waals surface area contributed by atoms with Gasteiger partial charge < -0.3 is 4.90 Å². The van der Waals surface area contributed by atoms with E-state index in [1.54, 1.807) is 24.3 Å². The van der Waals surface area contributed by atoms with Crippen molar-refractivity contribution < 1.29 is 21.2 Å². The molecule has 4 rings (SSSR count). The molecule has 0 amide bonds. The number of primary sulfonamides is 1. The van der Waals surface area contributed by atoms with Crippen LogP contribution < -0.4 is 10.0 Å². The average Bonchev–Trinajstić information content (AvgIpc) is 2.83. The zero-order chi connectivity index (χ0) is 26.3. The molecule has 0 radical (unpaired) electrons. The molecule has 0 bridgehead atoms. The van der Waals surface area contributed by atoms with Crippen LogP contribution in [0.2, 0.25) is 5.02 Å². The smallest absolute Gasteiger partial charge is 0.242 e. The fraction of sp³-hybridized carbons (Fsp3) is 0.200. The van der Waals surface area contributed by atoms with Gasteiger partial charge >= 0.3 is 0 Å². The first kappa shape index (κ1) is 26.3. The van der Waals surface area contributed by atoms with E-state index in [0.717, 1.165) is 15.4 Å². The van der Waals surface area contributed by atoms with Crippen LogP contribution in [-0.2, 0) is 20.0 Å². The molecule has 36 heavy (non-hydrogen) atoms. The molecule has 0 aromatic heterocycles. The summed E-state index contributed by atoms with van der Waals surface area (Å²) < 4.78 is 65.9. The third-order valence-electron chi connectivity index (χ3n) is 6.06. The van der Waals surface area contributed by atoms with Crippen LogP contribution in [0.3, 0.4) is 0 Å². The Bertz CT molecular complexity index is 1570. The number of nitrogens with zero attached hydrogens (tertiary/aromatic N) is 2. The molecule has 3 aromatic rings. The van der Waals surface area contributed by atoms with Crippen molar-refractivity contribution in [1.82, 2.24) is 4.31 Å². The third kappa shape index (κ3) is 5.18. The highest BCUT2D eigenvalue weighted by atomic mass is 35.5. The summed E-state index contributed by atoms with van der Waals surface area (Å²) in [5, 5.41) is 5.82. The molecular weight excluding hydrogens is 525 g/mol. The molecule has 1 heterocycles. The minimum atomic E-state index is -4.15. The third-order valence-corrected chi connectivity index (χ3v) is 9.07. The van der Waals surface area contributed by atoms with Crippen molar-refractivity contribution in [2.45, 2.75) is 16.2 Å². The van der Waals surface area contributed by atoms with Gasteiger partial charge in [0.05, 0.1) is 15.5 Å². The van der Waals surface area contributed by atoms with Gasteiger partial charge in [0.2, 0.25) is 20.0 Å². The van der Waals surface area contributed by atoms with Crippen molar-refractivity contribution in [3.8, 4) is 11.1 Å². The van der Waals surface area contributed by atoms with E-state index < -0.39 is 25.9 Å². The molecular formula is C25H25ClFN3O4S2. The normalized spacial score (nSPS) is 14.7. The summed E-state index contributed by atoms with van der Waals surface area (Å²) in [5.41, 5.74) is 2.86. The van der Waals surface area contributed by atoms with E-state index in [0.29, 0.717) is 35.8 Å². The summed E-state index contributed by atoms with van der Waals surface area (Å²) in [7, 11) is -5.17. The molecule has 3 aromatic carbocycles. The van der Waals surface area contributed by atoms with Crippen molar-refractivity contribution in [2.24, 2.45) is 5.14 Å². The molecule has 11 heteroatoms. The Morgan fingerprint density at radius 3 is 2.22 bits per heavy atom. The second kappa shape index (κ2) is 9.95. The van der Waals surface area contributed by atoms with Gasteiger partial charge in [-0.05, 0) is 59.5 Å². The molecule has 2 N–H and O–H groups in total. The van der Waals surface area contributed by atoms with E-state index >= 15 is 0 Å². The molecule has 0 saturated carbocycles. The van der Waals surface area contributed by atoms with Crippen molar-refractivity contribution in [3.63, 3.8) is 0 Å². The number of benzene rings is 3. The molecule has 190 valence electrons. The number of rotatable bonds is 6. The quantitative estimate of drug-likeness (QED) is 0.493. The number of hydrogen-bond donors (Lipinski definition) is 1. The SMILES string of the molecule is CN(C)S(=O)(=O)c1ccc(S(N)(=O)=O)c(-c2ccccc2C2=CCN(c3ccc(Cl)cc3F)CC2)c1. The van der Waals surface area contributed by atoms with Gasteiger partial charge in [0.1, 0.15) is 5.82 Å². The number of nitrogens with two attached hydrogens (primary N) is 1. The molecule has 7 nitrogen and oxygen atoms in total. The topological polar surface area (TPSA) is 101 Å². The maximum absolute atomic E-state index is 14.4.